The molecule has 26 heavy (non-hydrogen) atoms. The van der Waals surface area contributed by atoms with Crippen molar-refractivity contribution in [3.63, 3.8) is 0 Å². The zero-order chi connectivity index (χ0) is 18.5. The molecular weight excluding hydrogens is 390 g/mol. The summed E-state index contributed by atoms with van der Waals surface area (Å²) in [6.07, 6.45) is 3.59. The van der Waals surface area contributed by atoms with Gasteiger partial charge in [-0.25, -0.2) is 4.99 Å². The average Bonchev–Trinajstić information content (AvgIpc) is 3.01. The van der Waals surface area contributed by atoms with E-state index in [0.717, 1.165) is 27.3 Å². The lowest BCUT2D eigenvalue weighted by Crippen LogP contribution is -1.99. The molecule has 0 N–H and O–H groups in total. The smallest absolute Gasteiger partial charge is 0.244 e. The molecule has 3 rings (SSSR count). The van der Waals surface area contributed by atoms with E-state index in [4.69, 9.17) is 21.1 Å². The van der Waals surface area contributed by atoms with Gasteiger partial charge < -0.3 is 9.47 Å². The normalized spacial score (nSPS) is 15.3. The van der Waals surface area contributed by atoms with Crippen LogP contribution < -0.4 is 9.47 Å². The molecule has 1 aliphatic rings. The standard InChI is InChI=1S/C19H16ClNO3S2/c1-23-16-10-13(9-15-18(22)26-19(21-15)25-2)8-14(20)17(16)24-11-12-6-4-3-5-7-12/h3-10H,11H2,1-2H3/b15-9-. The SMILES string of the molecule is COc1cc(/C=C2\N=C(SC)SC2=O)cc(Cl)c1OCc1ccccc1. The zero-order valence-corrected chi connectivity index (χ0v) is 16.6. The Bertz CT molecular complexity index is 882. The summed E-state index contributed by atoms with van der Waals surface area (Å²) in [6.45, 7) is 0.383. The van der Waals surface area contributed by atoms with E-state index in [1.165, 1.54) is 11.8 Å². The van der Waals surface area contributed by atoms with Crippen molar-refractivity contribution in [3.8, 4) is 11.5 Å². The number of methoxy groups -OCH3 is 1. The van der Waals surface area contributed by atoms with Gasteiger partial charge in [0, 0.05) is 0 Å². The molecule has 0 fully saturated rings. The van der Waals surface area contributed by atoms with E-state index < -0.39 is 0 Å². The molecule has 0 aromatic heterocycles. The van der Waals surface area contributed by atoms with E-state index in [2.05, 4.69) is 4.99 Å². The van der Waals surface area contributed by atoms with Crippen molar-refractivity contribution < 1.29 is 14.3 Å². The fraction of sp³-hybridized carbons (Fsp3) is 0.158. The maximum atomic E-state index is 12.0. The molecule has 0 aliphatic carbocycles. The van der Waals surface area contributed by atoms with Crippen LogP contribution in [0.4, 0.5) is 0 Å². The Labute approximate surface area is 165 Å². The molecular formula is C19H16ClNO3S2. The van der Waals surface area contributed by atoms with E-state index >= 15 is 0 Å². The fourth-order valence-electron chi connectivity index (χ4n) is 2.33. The second-order valence-electron chi connectivity index (χ2n) is 5.31. The minimum absolute atomic E-state index is 0.0751. The van der Waals surface area contributed by atoms with E-state index in [0.29, 0.717) is 28.8 Å². The topological polar surface area (TPSA) is 47.9 Å². The van der Waals surface area contributed by atoms with Gasteiger partial charge >= 0.3 is 0 Å². The van der Waals surface area contributed by atoms with Gasteiger partial charge in [0.15, 0.2) is 11.5 Å². The van der Waals surface area contributed by atoms with Crippen LogP contribution in [-0.4, -0.2) is 22.9 Å². The summed E-state index contributed by atoms with van der Waals surface area (Å²) in [4.78, 5) is 16.3. The summed E-state index contributed by atoms with van der Waals surface area (Å²) in [5.74, 6) is 0.980. The number of hydrogen-bond donors (Lipinski definition) is 0. The van der Waals surface area contributed by atoms with E-state index in [9.17, 15) is 4.79 Å². The molecule has 2 aromatic carbocycles. The molecule has 1 aliphatic heterocycles. The Hall–Kier alpha value is -1.89. The highest BCUT2D eigenvalue weighted by molar-refractivity contribution is 8.45. The van der Waals surface area contributed by atoms with Gasteiger partial charge in [-0.3, -0.25) is 4.79 Å². The first-order valence-corrected chi connectivity index (χ1v) is 10.1. The van der Waals surface area contributed by atoms with Gasteiger partial charge in [-0.1, -0.05) is 41.9 Å². The van der Waals surface area contributed by atoms with E-state index in [1.54, 1.807) is 25.3 Å². The van der Waals surface area contributed by atoms with Crippen LogP contribution in [0.15, 0.2) is 53.2 Å². The van der Waals surface area contributed by atoms with Crippen molar-refractivity contribution in [2.75, 3.05) is 13.4 Å². The molecule has 0 atom stereocenters. The van der Waals surface area contributed by atoms with Gasteiger partial charge in [0.25, 0.3) is 0 Å². The molecule has 0 spiro atoms. The Morgan fingerprint density at radius 2 is 2.04 bits per heavy atom. The molecule has 0 unspecified atom stereocenters. The first kappa shape index (κ1) is 18.9. The third kappa shape index (κ3) is 4.44. The number of hydrogen-bond acceptors (Lipinski definition) is 6. The molecule has 0 saturated carbocycles. The Balaban J connectivity index is 1.85. The van der Waals surface area contributed by atoms with Gasteiger partial charge in [0.05, 0.1) is 12.1 Å². The Morgan fingerprint density at radius 3 is 2.69 bits per heavy atom. The number of nitrogens with zero attached hydrogens (tertiary/aromatic N) is 1. The number of rotatable bonds is 5. The quantitative estimate of drug-likeness (QED) is 0.635. The van der Waals surface area contributed by atoms with Gasteiger partial charge in [0.1, 0.15) is 16.7 Å². The van der Waals surface area contributed by atoms with Gasteiger partial charge in [-0.15, -0.1) is 11.8 Å². The highest BCUT2D eigenvalue weighted by Crippen LogP contribution is 2.38. The molecule has 2 aromatic rings. The molecule has 0 amide bonds. The number of carbonyl (C=O) groups is 1. The third-order valence-electron chi connectivity index (χ3n) is 3.56. The van der Waals surface area contributed by atoms with Crippen LogP contribution in [0.1, 0.15) is 11.1 Å². The highest BCUT2D eigenvalue weighted by Gasteiger charge is 2.22. The summed E-state index contributed by atoms with van der Waals surface area (Å²) in [7, 11) is 1.55. The van der Waals surface area contributed by atoms with Crippen LogP contribution in [-0.2, 0) is 11.4 Å². The molecule has 4 nitrogen and oxygen atoms in total. The number of ether oxygens (including phenoxy) is 2. The van der Waals surface area contributed by atoms with Gasteiger partial charge in [-0.2, -0.15) is 0 Å². The lowest BCUT2D eigenvalue weighted by atomic mass is 10.1. The van der Waals surface area contributed by atoms with Crippen LogP contribution in [0, 0.1) is 0 Å². The average molecular weight is 406 g/mol. The highest BCUT2D eigenvalue weighted by atomic mass is 35.5. The molecule has 1 heterocycles. The third-order valence-corrected chi connectivity index (χ3v) is 5.69. The monoisotopic (exact) mass is 405 g/mol. The predicted octanol–water partition coefficient (Wildman–Crippen LogP) is 5.26. The van der Waals surface area contributed by atoms with E-state index in [1.807, 2.05) is 36.6 Å². The molecule has 134 valence electrons. The summed E-state index contributed by atoms with van der Waals surface area (Å²) < 4.78 is 12.0. The van der Waals surface area contributed by atoms with E-state index in [-0.39, 0.29) is 5.12 Å². The summed E-state index contributed by atoms with van der Waals surface area (Å²) >= 11 is 8.97. The number of carbonyl (C=O) groups excluding carboxylic acids is 1. The molecule has 7 heteroatoms. The molecule has 0 saturated heterocycles. The van der Waals surface area contributed by atoms with Crippen LogP contribution in [0.25, 0.3) is 6.08 Å². The largest absolute Gasteiger partial charge is 0.493 e. The number of aliphatic imine (C=N–C) groups is 1. The number of halogens is 1. The minimum atomic E-state index is -0.0751. The summed E-state index contributed by atoms with van der Waals surface area (Å²) in [5, 5.41) is 0.341. The Kier molecular flexibility index (Phi) is 6.29. The minimum Gasteiger partial charge on any atom is -0.493 e. The molecule has 0 radical (unpaired) electrons. The van der Waals surface area contributed by atoms with Crippen molar-refractivity contribution >= 4 is 50.7 Å². The Morgan fingerprint density at radius 1 is 1.27 bits per heavy atom. The van der Waals surface area contributed by atoms with Crippen LogP contribution in [0.5, 0.6) is 11.5 Å². The van der Waals surface area contributed by atoms with Crippen molar-refractivity contribution in [3.05, 3.63) is 64.3 Å². The second kappa shape index (κ2) is 8.66. The number of thioether (sulfide) groups is 2. The maximum absolute atomic E-state index is 12.0. The number of benzene rings is 2. The lowest BCUT2D eigenvalue weighted by Gasteiger charge is -2.13. The van der Waals surface area contributed by atoms with Crippen molar-refractivity contribution in [1.29, 1.82) is 0 Å². The maximum Gasteiger partial charge on any atom is 0.244 e. The van der Waals surface area contributed by atoms with Crippen molar-refractivity contribution in [2.24, 2.45) is 4.99 Å². The van der Waals surface area contributed by atoms with Crippen LogP contribution in [0.2, 0.25) is 5.02 Å². The summed E-state index contributed by atoms with van der Waals surface area (Å²) in [6, 6.07) is 13.3. The second-order valence-corrected chi connectivity index (χ2v) is 7.73. The summed E-state index contributed by atoms with van der Waals surface area (Å²) in [5.41, 5.74) is 2.16. The fourth-order valence-corrected chi connectivity index (χ4v) is 3.86. The predicted molar refractivity (Wildman–Crippen MR) is 110 cm³/mol. The zero-order valence-electron chi connectivity index (χ0n) is 14.2. The van der Waals surface area contributed by atoms with Crippen LogP contribution in [0.3, 0.4) is 0 Å². The first-order valence-electron chi connectivity index (χ1n) is 7.71. The molecule has 0 bridgehead atoms. The lowest BCUT2D eigenvalue weighted by molar-refractivity contribution is -0.107. The first-order chi connectivity index (χ1) is 12.6. The van der Waals surface area contributed by atoms with Gasteiger partial charge in [0.2, 0.25) is 5.12 Å². The van der Waals surface area contributed by atoms with Crippen LogP contribution >= 0.6 is 35.1 Å². The van der Waals surface area contributed by atoms with Crippen molar-refractivity contribution in [1.82, 2.24) is 0 Å². The van der Waals surface area contributed by atoms with Crippen molar-refractivity contribution in [2.45, 2.75) is 6.61 Å². The van der Waals surface area contributed by atoms with Gasteiger partial charge in [-0.05, 0) is 47.4 Å².